The molecule has 1 nitrogen and oxygen atoms in total. The molecule has 0 saturated carbocycles. The Balaban J connectivity index is 1.09. The van der Waals surface area contributed by atoms with Crippen molar-refractivity contribution in [2.45, 2.75) is 24.7 Å². The van der Waals surface area contributed by atoms with Gasteiger partial charge in [0.15, 0.2) is 0 Å². The first-order valence-corrected chi connectivity index (χ1v) is 20.1. The van der Waals surface area contributed by atoms with E-state index in [1.807, 2.05) is 0 Å². The summed E-state index contributed by atoms with van der Waals surface area (Å²) in [5, 5.41) is 2.63. The van der Waals surface area contributed by atoms with Crippen LogP contribution < -0.4 is 4.90 Å². The quantitative estimate of drug-likeness (QED) is 0.175. The van der Waals surface area contributed by atoms with E-state index in [0.717, 1.165) is 17.1 Å². The predicted molar refractivity (Wildman–Crippen MR) is 238 cm³/mol. The van der Waals surface area contributed by atoms with Gasteiger partial charge < -0.3 is 4.90 Å². The highest BCUT2D eigenvalue weighted by Crippen LogP contribution is 2.63. The third-order valence-electron chi connectivity index (χ3n) is 13.3. The van der Waals surface area contributed by atoms with Gasteiger partial charge in [0.1, 0.15) is 0 Å². The maximum absolute atomic E-state index is 2.50. The molecule has 3 aliphatic carbocycles. The number of benzene rings is 9. The Kier molecular flexibility index (Phi) is 6.67. The van der Waals surface area contributed by atoms with Crippen LogP contribution in [-0.4, -0.2) is 0 Å². The lowest BCUT2D eigenvalue weighted by molar-refractivity contribution is 0.666. The SMILES string of the molecule is CC1(C)c2cc(N(c3ccc(-c4ccccc4)cc3)c3ccc4c(c3)C3(c5ccccc5-c5ccccc53)c3ccccc3-4)ccc2-c2ccc3ccccc3c21. The van der Waals surface area contributed by atoms with Gasteiger partial charge in [0, 0.05) is 22.5 Å². The van der Waals surface area contributed by atoms with Crippen LogP contribution in [0.2, 0.25) is 0 Å². The molecule has 3 aliphatic rings. The summed E-state index contributed by atoms with van der Waals surface area (Å²) in [5.74, 6) is 0. The van der Waals surface area contributed by atoms with Crippen molar-refractivity contribution in [2.75, 3.05) is 4.90 Å². The van der Waals surface area contributed by atoms with E-state index in [-0.39, 0.29) is 5.41 Å². The Bertz CT molecular complexity index is 3030. The summed E-state index contributed by atoms with van der Waals surface area (Å²) < 4.78 is 0. The Morgan fingerprint density at radius 1 is 0.333 bits per heavy atom. The first-order valence-electron chi connectivity index (χ1n) is 20.1. The fourth-order valence-electron chi connectivity index (χ4n) is 10.8. The van der Waals surface area contributed by atoms with Gasteiger partial charge in [0.05, 0.1) is 5.41 Å². The average molecular weight is 726 g/mol. The summed E-state index contributed by atoms with van der Waals surface area (Å²) in [4.78, 5) is 2.48. The van der Waals surface area contributed by atoms with E-state index >= 15 is 0 Å². The molecule has 0 amide bonds. The van der Waals surface area contributed by atoms with Crippen LogP contribution in [0.25, 0.3) is 55.3 Å². The molecule has 0 fully saturated rings. The maximum Gasteiger partial charge on any atom is 0.0726 e. The second kappa shape index (κ2) is 11.8. The van der Waals surface area contributed by atoms with E-state index < -0.39 is 5.41 Å². The van der Waals surface area contributed by atoms with E-state index in [1.54, 1.807) is 0 Å². The van der Waals surface area contributed by atoms with E-state index in [2.05, 4.69) is 219 Å². The lowest BCUT2D eigenvalue weighted by atomic mass is 9.70. The van der Waals surface area contributed by atoms with Crippen molar-refractivity contribution in [3.05, 3.63) is 234 Å². The number of hydrogen-bond donors (Lipinski definition) is 0. The molecule has 0 atom stereocenters. The molecule has 1 spiro atoms. The van der Waals surface area contributed by atoms with E-state index in [4.69, 9.17) is 0 Å². The summed E-state index contributed by atoms with van der Waals surface area (Å²) in [6, 6.07) is 74.9. The molecular formula is C56H39N. The lowest BCUT2D eigenvalue weighted by Gasteiger charge is -2.32. The first kappa shape index (κ1) is 32.3. The van der Waals surface area contributed by atoms with Crippen molar-refractivity contribution in [3.63, 3.8) is 0 Å². The van der Waals surface area contributed by atoms with Crippen molar-refractivity contribution in [1.82, 2.24) is 0 Å². The van der Waals surface area contributed by atoms with Gasteiger partial charge in [-0.05, 0) is 125 Å². The third kappa shape index (κ3) is 4.34. The molecule has 0 aromatic heterocycles. The molecule has 0 aliphatic heterocycles. The number of rotatable bonds is 4. The zero-order valence-corrected chi connectivity index (χ0v) is 32.0. The second-order valence-corrected chi connectivity index (χ2v) is 16.4. The monoisotopic (exact) mass is 725 g/mol. The minimum atomic E-state index is -0.416. The normalized spacial score (nSPS) is 14.4. The zero-order chi connectivity index (χ0) is 37.9. The second-order valence-electron chi connectivity index (χ2n) is 16.4. The van der Waals surface area contributed by atoms with Crippen molar-refractivity contribution in [1.29, 1.82) is 0 Å². The van der Waals surface area contributed by atoms with Gasteiger partial charge >= 0.3 is 0 Å². The number of nitrogens with zero attached hydrogens (tertiary/aromatic N) is 1. The molecule has 12 rings (SSSR count). The van der Waals surface area contributed by atoms with Gasteiger partial charge in [0.25, 0.3) is 0 Å². The minimum absolute atomic E-state index is 0.175. The average Bonchev–Trinajstić information content (AvgIpc) is 3.83. The summed E-state index contributed by atoms with van der Waals surface area (Å²) in [7, 11) is 0. The lowest BCUT2D eigenvalue weighted by Crippen LogP contribution is -2.26. The molecule has 0 N–H and O–H groups in total. The largest absolute Gasteiger partial charge is 0.310 e. The van der Waals surface area contributed by atoms with Crippen molar-refractivity contribution < 1.29 is 0 Å². The van der Waals surface area contributed by atoms with Crippen LogP contribution in [0, 0.1) is 0 Å². The van der Waals surface area contributed by atoms with Crippen LogP contribution in [0.15, 0.2) is 200 Å². The summed E-state index contributed by atoms with van der Waals surface area (Å²) in [5.41, 5.74) is 21.4. The molecule has 0 bridgehead atoms. The minimum Gasteiger partial charge on any atom is -0.310 e. The highest BCUT2D eigenvalue weighted by Gasteiger charge is 2.51. The van der Waals surface area contributed by atoms with Crippen molar-refractivity contribution in [3.8, 4) is 44.5 Å². The van der Waals surface area contributed by atoms with Gasteiger partial charge in [-0.15, -0.1) is 0 Å². The maximum atomic E-state index is 2.50. The summed E-state index contributed by atoms with van der Waals surface area (Å²) >= 11 is 0. The number of fused-ring (bicyclic) bond motifs is 15. The van der Waals surface area contributed by atoms with Gasteiger partial charge in [-0.1, -0.05) is 178 Å². The standard InChI is InChI=1S/C56H39N/c1-55(2)52-34-40(30-33-47(52)48-31-26-38-16-6-7-17-42(38)54(48)55)57(39-27-24-37(25-28-39)36-14-4-3-5-15-36)41-29-32-46-45-20-10-13-23-51(45)56(53(46)35-41)49-21-11-8-18-43(49)44-19-9-12-22-50(44)56/h3-35H,1-2H3. The van der Waals surface area contributed by atoms with Gasteiger partial charge in [-0.2, -0.15) is 0 Å². The van der Waals surface area contributed by atoms with E-state index in [0.29, 0.717) is 0 Å². The molecule has 0 saturated heterocycles. The molecule has 57 heavy (non-hydrogen) atoms. The van der Waals surface area contributed by atoms with Gasteiger partial charge in [-0.3, -0.25) is 0 Å². The predicted octanol–water partition coefficient (Wildman–Crippen LogP) is 14.6. The highest BCUT2D eigenvalue weighted by molar-refractivity contribution is 5.99. The Labute approximate surface area is 334 Å². The van der Waals surface area contributed by atoms with Crippen LogP contribution >= 0.6 is 0 Å². The fraction of sp³-hybridized carbons (Fsp3) is 0.0714. The van der Waals surface area contributed by atoms with Crippen molar-refractivity contribution >= 4 is 27.8 Å². The van der Waals surface area contributed by atoms with E-state index in [1.165, 1.54) is 88.7 Å². The molecule has 0 heterocycles. The smallest absolute Gasteiger partial charge is 0.0726 e. The summed E-state index contributed by atoms with van der Waals surface area (Å²) in [6.07, 6.45) is 0. The van der Waals surface area contributed by atoms with Crippen LogP contribution in [-0.2, 0) is 10.8 Å². The molecule has 0 radical (unpaired) electrons. The molecule has 1 heteroatoms. The summed E-state index contributed by atoms with van der Waals surface area (Å²) in [6.45, 7) is 4.80. The topological polar surface area (TPSA) is 3.24 Å². The number of hydrogen-bond acceptors (Lipinski definition) is 1. The Morgan fingerprint density at radius 3 is 1.42 bits per heavy atom. The van der Waals surface area contributed by atoms with Crippen LogP contribution in [0.3, 0.4) is 0 Å². The van der Waals surface area contributed by atoms with Crippen molar-refractivity contribution in [2.24, 2.45) is 0 Å². The Hall–Kier alpha value is -6.96. The third-order valence-corrected chi connectivity index (χ3v) is 13.3. The fourth-order valence-corrected chi connectivity index (χ4v) is 10.8. The molecule has 9 aromatic rings. The Morgan fingerprint density at radius 2 is 0.789 bits per heavy atom. The first-order chi connectivity index (χ1) is 28.0. The highest BCUT2D eigenvalue weighted by atomic mass is 15.1. The molecule has 0 unspecified atom stereocenters. The van der Waals surface area contributed by atoms with Crippen LogP contribution in [0.4, 0.5) is 17.1 Å². The zero-order valence-electron chi connectivity index (χ0n) is 32.0. The molecule has 9 aromatic carbocycles. The van der Waals surface area contributed by atoms with Gasteiger partial charge in [-0.25, -0.2) is 0 Å². The number of anilines is 3. The van der Waals surface area contributed by atoms with Crippen LogP contribution in [0.5, 0.6) is 0 Å². The van der Waals surface area contributed by atoms with Gasteiger partial charge in [0.2, 0.25) is 0 Å². The molecule has 268 valence electrons. The van der Waals surface area contributed by atoms with Crippen LogP contribution in [0.1, 0.15) is 47.2 Å². The van der Waals surface area contributed by atoms with E-state index in [9.17, 15) is 0 Å². The molecular weight excluding hydrogens is 687 g/mol.